The Morgan fingerprint density at radius 2 is 1.89 bits per heavy atom. The highest BCUT2D eigenvalue weighted by Crippen LogP contribution is 2.48. The van der Waals surface area contributed by atoms with Crippen LogP contribution in [-0.2, 0) is 10.2 Å². The molecule has 3 unspecified atom stereocenters. The molecule has 0 radical (unpaired) electrons. The van der Waals surface area contributed by atoms with Gasteiger partial charge in [0.2, 0.25) is 0 Å². The molecule has 0 N–H and O–H groups in total. The first kappa shape index (κ1) is 24.3. The van der Waals surface area contributed by atoms with Gasteiger partial charge in [0.25, 0.3) is 6.43 Å². The van der Waals surface area contributed by atoms with Gasteiger partial charge in [0.1, 0.15) is 0 Å². The van der Waals surface area contributed by atoms with Crippen LogP contribution in [0.4, 0.5) is 24.1 Å². The zero-order valence-electron chi connectivity index (χ0n) is 20.7. The number of carbonyl (C=O) groups is 2. The highest BCUT2D eigenvalue weighted by molar-refractivity contribution is 5.95. The summed E-state index contributed by atoms with van der Waals surface area (Å²) < 4.78 is 29.9. The van der Waals surface area contributed by atoms with Crippen molar-refractivity contribution in [1.82, 2.24) is 14.7 Å². The number of rotatable bonds is 3. The number of piperidine rings is 2. The fourth-order valence-corrected chi connectivity index (χ4v) is 6.98. The van der Waals surface area contributed by atoms with Crippen molar-refractivity contribution in [3.05, 3.63) is 29.8 Å². The molecule has 0 bridgehead atoms. The lowest BCUT2D eigenvalue weighted by Crippen LogP contribution is -2.50. The van der Waals surface area contributed by atoms with Crippen LogP contribution in [0.25, 0.3) is 0 Å². The van der Waals surface area contributed by atoms with E-state index in [-0.39, 0.29) is 17.5 Å². The molecule has 1 aromatic rings. The van der Waals surface area contributed by atoms with E-state index in [1.807, 2.05) is 11.0 Å². The first-order chi connectivity index (χ1) is 16.8. The quantitative estimate of drug-likeness (QED) is 0.638. The number of carbonyl (C=O) groups excluding carboxylic acids is 2. The van der Waals surface area contributed by atoms with E-state index < -0.39 is 19.1 Å². The molecule has 4 aliphatic rings. The van der Waals surface area contributed by atoms with Crippen LogP contribution in [0.3, 0.4) is 0 Å². The molecule has 7 nitrogen and oxygen atoms in total. The van der Waals surface area contributed by atoms with E-state index in [1.165, 1.54) is 5.56 Å². The van der Waals surface area contributed by atoms with Gasteiger partial charge in [-0.25, -0.2) is 18.4 Å². The van der Waals surface area contributed by atoms with Crippen molar-refractivity contribution >= 4 is 17.8 Å². The Labute approximate surface area is 206 Å². The zero-order valence-corrected chi connectivity index (χ0v) is 20.7. The van der Waals surface area contributed by atoms with Crippen LogP contribution in [0.5, 0.6) is 0 Å². The lowest BCUT2D eigenvalue weighted by Gasteiger charge is -2.42. The molecule has 3 atom stereocenters. The summed E-state index contributed by atoms with van der Waals surface area (Å²) >= 11 is 0. The fraction of sp³-hybridized carbons (Fsp3) is 0.692. The number of nitrogens with zero attached hydrogens (tertiary/aromatic N) is 4. The van der Waals surface area contributed by atoms with Crippen molar-refractivity contribution in [2.75, 3.05) is 51.8 Å². The Bertz CT molecular complexity index is 950. The molecule has 5 rings (SSSR count). The minimum absolute atomic E-state index is 0.0186. The Morgan fingerprint density at radius 3 is 2.60 bits per heavy atom. The van der Waals surface area contributed by atoms with Crippen LogP contribution < -0.4 is 4.90 Å². The summed E-state index contributed by atoms with van der Waals surface area (Å²) in [5.74, 6) is 0.407. The molecule has 0 aromatic heterocycles. The minimum atomic E-state index is -2.64. The van der Waals surface area contributed by atoms with Crippen LogP contribution in [-0.4, -0.2) is 92.2 Å². The average Bonchev–Trinajstić information content (AvgIpc) is 3.42. The maximum absolute atomic E-state index is 12.9. The number of fused-ring (bicyclic) bond motifs is 3. The topological polar surface area (TPSA) is 56.3 Å². The number of urea groups is 1. The second-order valence-electron chi connectivity index (χ2n) is 10.9. The molecule has 3 heterocycles. The number of para-hydroxylation sites is 1. The number of anilines is 1. The van der Waals surface area contributed by atoms with Crippen LogP contribution in [0, 0.1) is 5.92 Å². The van der Waals surface area contributed by atoms with Gasteiger partial charge in [0.15, 0.2) is 6.61 Å². The van der Waals surface area contributed by atoms with E-state index in [0.29, 0.717) is 18.5 Å². The molecule has 1 saturated carbocycles. The Morgan fingerprint density at radius 1 is 1.14 bits per heavy atom. The van der Waals surface area contributed by atoms with Gasteiger partial charge in [0, 0.05) is 50.4 Å². The molecule has 192 valence electrons. The van der Waals surface area contributed by atoms with Gasteiger partial charge in [-0.15, -0.1) is 0 Å². The van der Waals surface area contributed by atoms with Crippen molar-refractivity contribution in [3.63, 3.8) is 0 Å². The molecule has 35 heavy (non-hydrogen) atoms. The van der Waals surface area contributed by atoms with Crippen molar-refractivity contribution in [3.8, 4) is 0 Å². The predicted octanol–water partition coefficient (Wildman–Crippen LogP) is 4.17. The van der Waals surface area contributed by atoms with E-state index in [0.717, 1.165) is 63.8 Å². The van der Waals surface area contributed by atoms with E-state index in [2.05, 4.69) is 23.1 Å². The molecule has 1 aliphatic carbocycles. The van der Waals surface area contributed by atoms with E-state index in [9.17, 15) is 18.4 Å². The smallest absolute Gasteiger partial charge is 0.410 e. The van der Waals surface area contributed by atoms with Gasteiger partial charge in [-0.3, -0.25) is 4.90 Å². The minimum Gasteiger partial charge on any atom is -0.443 e. The number of alkyl halides is 2. The molecular weight excluding hydrogens is 454 g/mol. The SMILES string of the molecule is CN(C)C(=O)N1CC2(CCN(C3CC4CCCN(C(=O)OCC(F)F)C4C3)CC2)c2ccccc21. The number of amides is 3. The van der Waals surface area contributed by atoms with Crippen molar-refractivity contribution in [2.24, 2.45) is 5.92 Å². The van der Waals surface area contributed by atoms with Gasteiger partial charge in [0.05, 0.1) is 0 Å². The number of hydrogen-bond donors (Lipinski definition) is 0. The summed E-state index contributed by atoms with van der Waals surface area (Å²) in [6, 6.07) is 8.80. The zero-order chi connectivity index (χ0) is 24.7. The highest BCUT2D eigenvalue weighted by Gasteiger charge is 2.49. The van der Waals surface area contributed by atoms with Crippen LogP contribution in [0.15, 0.2) is 24.3 Å². The lowest BCUT2D eigenvalue weighted by atomic mass is 9.74. The first-order valence-electron chi connectivity index (χ1n) is 12.8. The second-order valence-corrected chi connectivity index (χ2v) is 10.9. The highest BCUT2D eigenvalue weighted by atomic mass is 19.3. The largest absolute Gasteiger partial charge is 0.443 e. The summed E-state index contributed by atoms with van der Waals surface area (Å²) in [7, 11) is 3.59. The van der Waals surface area contributed by atoms with E-state index >= 15 is 0 Å². The van der Waals surface area contributed by atoms with E-state index in [1.54, 1.807) is 23.9 Å². The van der Waals surface area contributed by atoms with Crippen LogP contribution >= 0.6 is 0 Å². The standard InChI is InChI=1S/C26H36F2N4O3/c1-29(2)24(33)32-17-26(20-7-3-4-8-21(20)32)9-12-30(13-10-26)19-14-18-6-5-11-31(22(18)15-19)25(34)35-16-23(27)28/h3-4,7-8,18-19,22-23H,5-6,9-17H2,1-2H3. The maximum atomic E-state index is 12.9. The van der Waals surface area contributed by atoms with Gasteiger partial charge in [-0.1, -0.05) is 18.2 Å². The Kier molecular flexibility index (Phi) is 6.63. The third-order valence-electron chi connectivity index (χ3n) is 8.69. The predicted molar refractivity (Wildman–Crippen MR) is 129 cm³/mol. The number of halogens is 2. The lowest BCUT2D eigenvalue weighted by molar-refractivity contribution is 0.0153. The molecule has 1 aromatic carbocycles. The molecular formula is C26H36F2N4O3. The van der Waals surface area contributed by atoms with Gasteiger partial charge >= 0.3 is 12.1 Å². The van der Waals surface area contributed by atoms with Crippen LogP contribution in [0.1, 0.15) is 44.1 Å². The summed E-state index contributed by atoms with van der Waals surface area (Å²) in [6.45, 7) is 2.39. The van der Waals surface area contributed by atoms with Crippen molar-refractivity contribution in [2.45, 2.75) is 62.4 Å². The number of ether oxygens (including phenoxy) is 1. The average molecular weight is 491 g/mol. The Balaban J connectivity index is 1.24. The van der Waals surface area contributed by atoms with Gasteiger partial charge in [-0.05, 0) is 69.2 Å². The summed E-state index contributed by atoms with van der Waals surface area (Å²) in [4.78, 5) is 33.2. The molecule has 3 amide bonds. The third-order valence-corrected chi connectivity index (χ3v) is 8.69. The summed E-state index contributed by atoms with van der Waals surface area (Å²) in [5.41, 5.74) is 2.29. The molecule has 1 spiro atoms. The number of hydrogen-bond acceptors (Lipinski definition) is 4. The maximum Gasteiger partial charge on any atom is 0.410 e. The first-order valence-corrected chi connectivity index (χ1v) is 12.8. The second kappa shape index (κ2) is 9.56. The number of benzene rings is 1. The van der Waals surface area contributed by atoms with Crippen LogP contribution in [0.2, 0.25) is 0 Å². The summed E-state index contributed by atoms with van der Waals surface area (Å²) in [5, 5.41) is 0. The van der Waals surface area contributed by atoms with Crippen molar-refractivity contribution in [1.29, 1.82) is 0 Å². The molecule has 3 aliphatic heterocycles. The normalized spacial score (nSPS) is 27.7. The van der Waals surface area contributed by atoms with Crippen molar-refractivity contribution < 1.29 is 23.1 Å². The molecule has 2 saturated heterocycles. The molecule has 9 heteroatoms. The summed E-state index contributed by atoms with van der Waals surface area (Å²) in [6.07, 6.45) is 2.65. The van der Waals surface area contributed by atoms with Gasteiger partial charge in [-0.2, -0.15) is 0 Å². The van der Waals surface area contributed by atoms with E-state index in [4.69, 9.17) is 4.74 Å². The molecule has 3 fully saturated rings. The fourth-order valence-electron chi connectivity index (χ4n) is 6.98. The monoisotopic (exact) mass is 490 g/mol. The van der Waals surface area contributed by atoms with Gasteiger partial charge < -0.3 is 19.4 Å². The number of likely N-dealkylation sites (tertiary alicyclic amines) is 2. The Hall–Kier alpha value is -2.42. The third kappa shape index (κ3) is 4.47.